The van der Waals surface area contributed by atoms with E-state index in [1.165, 1.54) is 0 Å². The molecule has 3 nitrogen and oxygen atoms in total. The van der Waals surface area contributed by atoms with Gasteiger partial charge in [0.15, 0.2) is 11.5 Å². The summed E-state index contributed by atoms with van der Waals surface area (Å²) in [6.07, 6.45) is 0. The maximum Gasteiger partial charge on any atom is 0.175 e. The van der Waals surface area contributed by atoms with Crippen LogP contribution in [0.5, 0.6) is 11.5 Å². The second kappa shape index (κ2) is 7.11. The molecule has 1 N–H and O–H groups in total. The number of hydrogen-bond acceptors (Lipinski definition) is 3. The summed E-state index contributed by atoms with van der Waals surface area (Å²) in [6, 6.07) is 11.5. The number of halogens is 2. The zero-order valence-corrected chi connectivity index (χ0v) is 14.1. The molecular weight excluding hydrogens is 388 g/mol. The first-order valence-corrected chi connectivity index (χ1v) is 7.57. The molecule has 0 radical (unpaired) electrons. The summed E-state index contributed by atoms with van der Waals surface area (Å²) >= 11 is 6.93. The van der Waals surface area contributed by atoms with Gasteiger partial charge in [-0.25, -0.2) is 0 Å². The molecule has 0 saturated heterocycles. The topological polar surface area (TPSA) is 38.7 Å². The summed E-state index contributed by atoms with van der Waals surface area (Å²) < 4.78 is 12.9. The van der Waals surface area contributed by atoms with E-state index in [-0.39, 0.29) is 6.61 Å². The van der Waals surface area contributed by atoms with E-state index in [1.54, 1.807) is 13.2 Å². The number of methoxy groups -OCH3 is 1. The van der Waals surface area contributed by atoms with Crippen molar-refractivity contribution in [3.05, 3.63) is 56.5 Å². The van der Waals surface area contributed by atoms with E-state index < -0.39 is 0 Å². The van der Waals surface area contributed by atoms with Crippen LogP contribution in [-0.2, 0) is 13.2 Å². The minimum absolute atomic E-state index is 0.0422. The quantitative estimate of drug-likeness (QED) is 0.811. The second-order valence-electron chi connectivity index (χ2n) is 4.15. The third-order valence-electron chi connectivity index (χ3n) is 2.80. The van der Waals surface area contributed by atoms with E-state index in [1.807, 2.05) is 30.3 Å². The van der Waals surface area contributed by atoms with E-state index in [4.69, 9.17) is 9.47 Å². The van der Waals surface area contributed by atoms with E-state index >= 15 is 0 Å². The maximum atomic E-state index is 9.19. The molecule has 2 aromatic carbocycles. The molecule has 5 heteroatoms. The molecule has 0 aromatic heterocycles. The highest BCUT2D eigenvalue weighted by Crippen LogP contribution is 2.37. The molecule has 0 heterocycles. The minimum Gasteiger partial charge on any atom is -0.493 e. The first-order chi connectivity index (χ1) is 9.65. The Kier molecular flexibility index (Phi) is 5.46. The molecule has 0 spiro atoms. The highest BCUT2D eigenvalue weighted by atomic mass is 79.9. The molecule has 0 aliphatic heterocycles. The Morgan fingerprint density at radius 1 is 1.10 bits per heavy atom. The van der Waals surface area contributed by atoms with Crippen LogP contribution in [0.15, 0.2) is 45.3 Å². The lowest BCUT2D eigenvalue weighted by atomic mass is 10.2. The first kappa shape index (κ1) is 15.4. The highest BCUT2D eigenvalue weighted by molar-refractivity contribution is 9.10. The molecule has 0 bridgehead atoms. The number of aliphatic hydroxyl groups is 1. The lowest BCUT2D eigenvalue weighted by molar-refractivity contribution is 0.272. The highest BCUT2D eigenvalue weighted by Gasteiger charge is 2.12. The van der Waals surface area contributed by atoms with Crippen LogP contribution in [0, 0.1) is 0 Å². The van der Waals surface area contributed by atoms with Gasteiger partial charge in [0.1, 0.15) is 6.61 Å². The molecule has 2 rings (SSSR count). The molecule has 0 fully saturated rings. The third kappa shape index (κ3) is 3.53. The van der Waals surface area contributed by atoms with Crippen LogP contribution in [0.25, 0.3) is 0 Å². The Morgan fingerprint density at radius 3 is 2.50 bits per heavy atom. The van der Waals surface area contributed by atoms with Gasteiger partial charge < -0.3 is 14.6 Å². The van der Waals surface area contributed by atoms with Gasteiger partial charge in [-0.2, -0.15) is 0 Å². The van der Waals surface area contributed by atoms with Crippen molar-refractivity contribution in [2.45, 2.75) is 13.2 Å². The van der Waals surface area contributed by atoms with Crippen molar-refractivity contribution in [1.29, 1.82) is 0 Å². The van der Waals surface area contributed by atoms with Gasteiger partial charge in [0.25, 0.3) is 0 Å². The smallest absolute Gasteiger partial charge is 0.175 e. The predicted octanol–water partition coefficient (Wildman–Crippen LogP) is 4.29. The monoisotopic (exact) mass is 400 g/mol. The summed E-state index contributed by atoms with van der Waals surface area (Å²) in [4.78, 5) is 0. The van der Waals surface area contributed by atoms with E-state index in [0.29, 0.717) is 18.1 Å². The van der Waals surface area contributed by atoms with Gasteiger partial charge in [-0.1, -0.05) is 34.1 Å². The van der Waals surface area contributed by atoms with E-state index in [2.05, 4.69) is 31.9 Å². The summed E-state index contributed by atoms with van der Waals surface area (Å²) in [5, 5.41) is 9.19. The Balaban J connectivity index is 2.23. The van der Waals surface area contributed by atoms with Gasteiger partial charge in [0, 0.05) is 10.0 Å². The molecule has 20 heavy (non-hydrogen) atoms. The van der Waals surface area contributed by atoms with Crippen molar-refractivity contribution in [2.24, 2.45) is 0 Å². The Morgan fingerprint density at radius 2 is 1.85 bits per heavy atom. The number of benzene rings is 2. The fourth-order valence-corrected chi connectivity index (χ4v) is 2.77. The van der Waals surface area contributed by atoms with Crippen LogP contribution >= 0.6 is 31.9 Å². The fraction of sp³-hybridized carbons (Fsp3) is 0.200. The number of hydrogen-bond donors (Lipinski definition) is 1. The van der Waals surface area contributed by atoms with Gasteiger partial charge in [0.05, 0.1) is 18.2 Å². The van der Waals surface area contributed by atoms with E-state index in [9.17, 15) is 5.11 Å². The lowest BCUT2D eigenvalue weighted by Crippen LogP contribution is -2.00. The number of ether oxygens (including phenoxy) is 2. The number of rotatable bonds is 5. The Bertz CT molecular complexity index is 600. The lowest BCUT2D eigenvalue weighted by Gasteiger charge is -2.14. The van der Waals surface area contributed by atoms with Crippen molar-refractivity contribution in [1.82, 2.24) is 0 Å². The van der Waals surface area contributed by atoms with Crippen molar-refractivity contribution >= 4 is 31.9 Å². The first-order valence-electron chi connectivity index (χ1n) is 5.99. The fourth-order valence-electron chi connectivity index (χ4n) is 1.77. The summed E-state index contributed by atoms with van der Waals surface area (Å²) in [6.45, 7) is 0.383. The van der Waals surface area contributed by atoms with Crippen LogP contribution in [0.1, 0.15) is 11.1 Å². The van der Waals surface area contributed by atoms with Crippen LogP contribution < -0.4 is 9.47 Å². The second-order valence-corrected chi connectivity index (χ2v) is 5.86. The third-order valence-corrected chi connectivity index (χ3v) is 4.16. The van der Waals surface area contributed by atoms with Crippen LogP contribution in [0.3, 0.4) is 0 Å². The largest absolute Gasteiger partial charge is 0.493 e. The average molecular weight is 402 g/mol. The Hall–Kier alpha value is -1.04. The zero-order valence-electron chi connectivity index (χ0n) is 10.9. The van der Waals surface area contributed by atoms with Crippen LogP contribution in [0.2, 0.25) is 0 Å². The molecule has 0 atom stereocenters. The van der Waals surface area contributed by atoms with Gasteiger partial charge in [-0.15, -0.1) is 0 Å². The molecule has 0 unspecified atom stereocenters. The van der Waals surface area contributed by atoms with Crippen LogP contribution in [0.4, 0.5) is 0 Å². The molecule has 106 valence electrons. The SMILES string of the molecule is COc1cc(CO)cc(Br)c1OCc1ccccc1Br. The standard InChI is InChI=1S/C15H14Br2O3/c1-19-14-7-10(8-18)6-13(17)15(14)20-9-11-4-2-3-5-12(11)16/h2-7,18H,8-9H2,1H3. The molecule has 0 amide bonds. The van der Waals surface area contributed by atoms with Gasteiger partial charge in [-0.05, 0) is 39.7 Å². The van der Waals surface area contributed by atoms with Gasteiger partial charge in [0.2, 0.25) is 0 Å². The van der Waals surface area contributed by atoms with Crippen molar-refractivity contribution in [2.75, 3.05) is 7.11 Å². The summed E-state index contributed by atoms with van der Waals surface area (Å²) in [7, 11) is 1.58. The average Bonchev–Trinajstić information content (AvgIpc) is 2.46. The normalized spacial score (nSPS) is 10.4. The van der Waals surface area contributed by atoms with Crippen molar-refractivity contribution < 1.29 is 14.6 Å². The van der Waals surface area contributed by atoms with Crippen molar-refractivity contribution in [3.8, 4) is 11.5 Å². The molecule has 2 aromatic rings. The molecule has 0 aliphatic carbocycles. The van der Waals surface area contributed by atoms with E-state index in [0.717, 1.165) is 20.1 Å². The molecule has 0 saturated carbocycles. The number of aliphatic hydroxyl groups excluding tert-OH is 1. The zero-order chi connectivity index (χ0) is 14.5. The van der Waals surface area contributed by atoms with Gasteiger partial charge in [-0.3, -0.25) is 0 Å². The van der Waals surface area contributed by atoms with Crippen molar-refractivity contribution in [3.63, 3.8) is 0 Å². The maximum absolute atomic E-state index is 9.19. The molecular formula is C15H14Br2O3. The minimum atomic E-state index is -0.0422. The Labute approximate surface area is 134 Å². The summed E-state index contributed by atoms with van der Waals surface area (Å²) in [5.74, 6) is 1.22. The van der Waals surface area contributed by atoms with Gasteiger partial charge >= 0.3 is 0 Å². The predicted molar refractivity (Wildman–Crippen MR) is 85.1 cm³/mol. The molecule has 0 aliphatic rings. The van der Waals surface area contributed by atoms with Crippen LogP contribution in [-0.4, -0.2) is 12.2 Å². The summed E-state index contributed by atoms with van der Waals surface area (Å²) in [5.41, 5.74) is 1.81.